The van der Waals surface area contributed by atoms with E-state index in [1.54, 1.807) is 0 Å². The van der Waals surface area contributed by atoms with E-state index < -0.39 is 70.9 Å². The summed E-state index contributed by atoms with van der Waals surface area (Å²) >= 11 is 0. The van der Waals surface area contributed by atoms with Gasteiger partial charge in [-0.15, -0.1) is 0 Å². The fourth-order valence-electron chi connectivity index (χ4n) is 3.24. The minimum atomic E-state index is -5.35. The van der Waals surface area contributed by atoms with Gasteiger partial charge in [-0.25, -0.2) is 4.79 Å². The molecule has 10 heteroatoms. The van der Waals surface area contributed by atoms with Gasteiger partial charge in [0.05, 0.1) is 39.9 Å². The molecular formula is C24H49N2O7P. The summed E-state index contributed by atoms with van der Waals surface area (Å²) in [5, 5.41) is 11.5. The number of carbonyl (C=O) groups excluding carboxylic acids is 1. The molecule has 2 atom stereocenters. The van der Waals surface area contributed by atoms with Gasteiger partial charge in [0.1, 0.15) is 13.2 Å². The summed E-state index contributed by atoms with van der Waals surface area (Å²) in [6, 6.07) is -1.75. The zero-order valence-electron chi connectivity index (χ0n) is 29.4. The highest BCUT2D eigenvalue weighted by atomic mass is 31.2. The van der Waals surface area contributed by atoms with E-state index in [0.717, 1.165) is 25.7 Å². The van der Waals surface area contributed by atoms with Gasteiger partial charge in [0.2, 0.25) is 5.91 Å². The number of phosphoric acid groups is 1. The summed E-state index contributed by atoms with van der Waals surface area (Å²) < 4.78 is 86.3. The number of carboxylic acid groups (broad SMARTS) is 1. The first-order valence-electron chi connectivity index (χ1n) is 16.7. The van der Waals surface area contributed by atoms with E-state index >= 15 is 0 Å². The highest BCUT2D eigenvalue weighted by molar-refractivity contribution is 7.45. The Kier molecular flexibility index (Phi) is 11.4. The van der Waals surface area contributed by atoms with Crippen molar-refractivity contribution in [1.82, 2.24) is 5.32 Å². The SMILES string of the molecule is [2H]C([2H])([2H])[N+](CCOP(=O)([O-])OC[C@H](NC(=O)CCCCCCCCCCCCCCC)C(=O)O)(C([2H])([2H])[2H])C([2H])([2H])[2H]. The van der Waals surface area contributed by atoms with Crippen molar-refractivity contribution in [2.75, 3.05) is 40.7 Å². The number of carboxylic acids is 1. The standard InChI is InChI=1S/C24H49N2O7P/c1-5-6-7-8-9-10-11-12-13-14-15-16-17-18-23(27)25-22(24(28)29)21-33-34(30,31)32-20-19-26(2,3)4/h22H,5-21H2,1-4H3,(H2-,25,27,28,29,30,31)/t22-/m0/s1/i2D3,3D3,4D3. The number of phosphoric ester groups is 1. The van der Waals surface area contributed by atoms with Crippen LogP contribution >= 0.6 is 7.82 Å². The Labute approximate surface area is 219 Å². The van der Waals surface area contributed by atoms with E-state index in [1.807, 2.05) is 0 Å². The van der Waals surface area contributed by atoms with Crippen LogP contribution in [-0.4, -0.2) is 68.2 Å². The Morgan fingerprint density at radius 2 is 1.44 bits per heavy atom. The second-order valence-corrected chi connectivity index (χ2v) is 9.97. The first-order chi connectivity index (χ1) is 19.7. The first-order valence-corrected chi connectivity index (χ1v) is 13.7. The van der Waals surface area contributed by atoms with Crippen LogP contribution in [0.15, 0.2) is 0 Å². The van der Waals surface area contributed by atoms with Crippen molar-refractivity contribution in [1.29, 1.82) is 0 Å². The minimum absolute atomic E-state index is 0.0342. The molecular weight excluding hydrogens is 459 g/mol. The Hall–Kier alpha value is -0.990. The minimum Gasteiger partial charge on any atom is -0.756 e. The number of rotatable bonds is 23. The number of nitrogens with one attached hydrogen (secondary N) is 1. The zero-order valence-corrected chi connectivity index (χ0v) is 21.3. The number of hydrogen-bond acceptors (Lipinski definition) is 6. The number of unbranched alkanes of at least 4 members (excludes halogenated alkanes) is 12. The lowest BCUT2D eigenvalue weighted by atomic mass is 10.0. The summed E-state index contributed by atoms with van der Waals surface area (Å²) in [6.07, 6.45) is 14.5. The summed E-state index contributed by atoms with van der Waals surface area (Å²) in [5.74, 6) is -2.20. The molecule has 0 aliphatic rings. The number of hydrogen-bond donors (Lipinski definition) is 2. The van der Waals surface area contributed by atoms with Crippen LogP contribution in [0.1, 0.15) is 109 Å². The monoisotopic (exact) mass is 517 g/mol. The Morgan fingerprint density at radius 3 is 1.91 bits per heavy atom. The van der Waals surface area contributed by atoms with E-state index in [1.165, 1.54) is 51.4 Å². The zero-order chi connectivity index (χ0) is 33.4. The molecule has 0 rings (SSSR count). The maximum atomic E-state index is 12.2. The van der Waals surface area contributed by atoms with Crippen LogP contribution in [0, 0.1) is 0 Å². The highest BCUT2D eigenvalue weighted by Gasteiger charge is 2.23. The molecule has 0 aromatic rings. The molecule has 0 saturated heterocycles. The third-order valence-corrected chi connectivity index (χ3v) is 6.18. The van der Waals surface area contributed by atoms with Crippen molar-refractivity contribution in [2.45, 2.75) is 103 Å². The maximum absolute atomic E-state index is 12.2. The van der Waals surface area contributed by atoms with Crippen molar-refractivity contribution < 1.29 is 50.0 Å². The van der Waals surface area contributed by atoms with Crippen LogP contribution in [0.5, 0.6) is 0 Å². The summed E-state index contributed by atoms with van der Waals surface area (Å²) in [5.41, 5.74) is 0. The fourth-order valence-corrected chi connectivity index (χ4v) is 3.95. The number of carbonyl (C=O) groups is 2. The van der Waals surface area contributed by atoms with E-state index in [2.05, 4.69) is 21.3 Å². The van der Waals surface area contributed by atoms with Crippen molar-refractivity contribution in [3.8, 4) is 0 Å². The average molecular weight is 518 g/mol. The molecule has 0 aliphatic carbocycles. The summed E-state index contributed by atoms with van der Waals surface area (Å²) in [7, 11) is -5.35. The molecule has 9 nitrogen and oxygen atoms in total. The van der Waals surface area contributed by atoms with Gasteiger partial charge in [0, 0.05) is 6.42 Å². The molecule has 0 bridgehead atoms. The molecule has 0 radical (unpaired) electrons. The van der Waals surface area contributed by atoms with Crippen LogP contribution in [0.25, 0.3) is 0 Å². The van der Waals surface area contributed by atoms with Gasteiger partial charge in [0.25, 0.3) is 7.82 Å². The van der Waals surface area contributed by atoms with Crippen LogP contribution in [-0.2, 0) is 23.2 Å². The van der Waals surface area contributed by atoms with Gasteiger partial charge in [-0.2, -0.15) is 0 Å². The Bertz CT molecular complexity index is 836. The third kappa shape index (κ3) is 21.5. The van der Waals surface area contributed by atoms with Gasteiger partial charge in [-0.1, -0.05) is 84.0 Å². The predicted octanol–water partition coefficient (Wildman–Crippen LogP) is 4.24. The fraction of sp³-hybridized carbons (Fsp3) is 0.917. The lowest BCUT2D eigenvalue weighted by molar-refractivity contribution is -0.870. The predicted molar refractivity (Wildman–Crippen MR) is 132 cm³/mol. The number of quaternary nitrogens is 1. The molecule has 0 heterocycles. The largest absolute Gasteiger partial charge is 0.756 e. The average Bonchev–Trinajstić information content (AvgIpc) is 2.84. The molecule has 1 unspecified atom stereocenters. The summed E-state index contributed by atoms with van der Waals surface area (Å²) in [4.78, 5) is 35.8. The van der Waals surface area contributed by atoms with Crippen LogP contribution in [0.3, 0.4) is 0 Å². The van der Waals surface area contributed by atoms with Crippen LogP contribution < -0.4 is 10.2 Å². The molecule has 0 aromatic heterocycles. The molecule has 34 heavy (non-hydrogen) atoms. The first kappa shape index (κ1) is 20.1. The van der Waals surface area contributed by atoms with Gasteiger partial charge in [0.15, 0.2) is 6.04 Å². The van der Waals surface area contributed by atoms with E-state index in [0.29, 0.717) is 6.42 Å². The number of likely N-dealkylation sites (N-methyl/N-ethyl adjacent to an activating group) is 1. The second-order valence-electron chi connectivity index (χ2n) is 8.56. The van der Waals surface area contributed by atoms with Gasteiger partial charge >= 0.3 is 5.97 Å². The van der Waals surface area contributed by atoms with Crippen molar-refractivity contribution >= 4 is 19.7 Å². The van der Waals surface area contributed by atoms with E-state index in [9.17, 15) is 24.2 Å². The van der Waals surface area contributed by atoms with Gasteiger partial charge in [-0.05, 0) is 6.42 Å². The van der Waals surface area contributed by atoms with Crippen LogP contribution in [0.2, 0.25) is 0 Å². The topological polar surface area (TPSA) is 125 Å². The molecule has 0 aromatic carbocycles. The smallest absolute Gasteiger partial charge is 0.328 e. The molecule has 0 fully saturated rings. The lowest BCUT2D eigenvalue weighted by Gasteiger charge is -2.28. The normalized spacial score (nSPS) is 19.5. The highest BCUT2D eigenvalue weighted by Crippen LogP contribution is 2.38. The van der Waals surface area contributed by atoms with Crippen molar-refractivity contribution in [3.05, 3.63) is 0 Å². The van der Waals surface area contributed by atoms with Gasteiger partial charge < -0.3 is 28.8 Å². The van der Waals surface area contributed by atoms with Gasteiger partial charge in [-0.3, -0.25) is 9.36 Å². The number of nitrogens with zero attached hydrogens (tertiary/aromatic N) is 1. The van der Waals surface area contributed by atoms with E-state index in [4.69, 9.17) is 12.3 Å². The third-order valence-electron chi connectivity index (χ3n) is 5.22. The Morgan fingerprint density at radius 1 is 0.941 bits per heavy atom. The molecule has 1 amide bonds. The van der Waals surface area contributed by atoms with E-state index in [-0.39, 0.29) is 6.42 Å². The number of amides is 1. The van der Waals surface area contributed by atoms with Crippen molar-refractivity contribution in [3.63, 3.8) is 0 Å². The van der Waals surface area contributed by atoms with Crippen molar-refractivity contribution in [2.24, 2.45) is 0 Å². The molecule has 0 aliphatic heterocycles. The second kappa shape index (κ2) is 19.2. The number of aliphatic carboxylic acids is 1. The maximum Gasteiger partial charge on any atom is 0.328 e. The molecule has 0 saturated carbocycles. The lowest BCUT2D eigenvalue weighted by Crippen LogP contribution is -2.44. The molecule has 202 valence electrons. The summed E-state index contributed by atoms with van der Waals surface area (Å²) in [6.45, 7) is -12.1. The quantitative estimate of drug-likeness (QED) is 0.118. The van der Waals surface area contributed by atoms with Crippen LogP contribution in [0.4, 0.5) is 0 Å². The Balaban J connectivity index is 4.56. The molecule has 0 spiro atoms. The molecule has 2 N–H and O–H groups in total.